The summed E-state index contributed by atoms with van der Waals surface area (Å²) in [5.74, 6) is 0.533. The van der Waals surface area contributed by atoms with E-state index in [9.17, 15) is 16.8 Å². The number of sulfone groups is 1. The maximum absolute atomic E-state index is 12.2. The molecule has 3 aromatic rings. The summed E-state index contributed by atoms with van der Waals surface area (Å²) in [6, 6.07) is 9.14. The Balaban J connectivity index is 1.82. The second-order valence-electron chi connectivity index (χ2n) is 5.92. The molecule has 0 bridgehead atoms. The van der Waals surface area contributed by atoms with Crippen LogP contribution in [-0.2, 0) is 26.3 Å². The summed E-state index contributed by atoms with van der Waals surface area (Å²) >= 11 is 0. The summed E-state index contributed by atoms with van der Waals surface area (Å²) in [7, 11) is -7.04. The van der Waals surface area contributed by atoms with Gasteiger partial charge >= 0.3 is 0 Å². The molecule has 10 heteroatoms. The van der Waals surface area contributed by atoms with Crippen molar-refractivity contribution in [2.24, 2.45) is 5.14 Å². The van der Waals surface area contributed by atoms with E-state index in [2.05, 4.69) is 15.3 Å². The van der Waals surface area contributed by atoms with Crippen molar-refractivity contribution < 1.29 is 16.8 Å². The van der Waals surface area contributed by atoms with E-state index in [1.54, 1.807) is 24.3 Å². The summed E-state index contributed by atoms with van der Waals surface area (Å²) in [5, 5.41) is 8.85. The van der Waals surface area contributed by atoms with Gasteiger partial charge in [0.25, 0.3) is 0 Å². The van der Waals surface area contributed by atoms with E-state index in [1.807, 2.05) is 0 Å². The second kappa shape index (κ2) is 5.73. The topological polar surface area (TPSA) is 132 Å². The first kappa shape index (κ1) is 16.9. The van der Waals surface area contributed by atoms with Crippen LogP contribution in [0.1, 0.15) is 5.56 Å². The van der Waals surface area contributed by atoms with Gasteiger partial charge in [0.1, 0.15) is 12.1 Å². The first-order valence-corrected chi connectivity index (χ1v) is 10.8. The van der Waals surface area contributed by atoms with E-state index >= 15 is 0 Å². The van der Waals surface area contributed by atoms with Crippen molar-refractivity contribution in [3.8, 4) is 0 Å². The van der Waals surface area contributed by atoms with Gasteiger partial charge in [0.05, 0.1) is 21.1 Å². The molecule has 0 saturated heterocycles. The summed E-state index contributed by atoms with van der Waals surface area (Å²) in [6.07, 6.45) is 1.79. The molecular formula is C16H14N4O4S2. The molecule has 2 aromatic carbocycles. The fraction of sp³-hybridized carbons (Fsp3) is 0.125. The molecule has 0 spiro atoms. The smallest absolute Gasteiger partial charge is 0.238 e. The fourth-order valence-corrected chi connectivity index (χ4v) is 5.11. The van der Waals surface area contributed by atoms with Gasteiger partial charge in [-0.05, 0) is 48.4 Å². The number of hydrogen-bond acceptors (Lipinski definition) is 7. The largest absolute Gasteiger partial charge is 0.340 e. The van der Waals surface area contributed by atoms with E-state index in [-0.39, 0.29) is 10.6 Å². The quantitative estimate of drug-likeness (QED) is 0.690. The highest BCUT2D eigenvalue weighted by Crippen LogP contribution is 2.35. The fourth-order valence-electron chi connectivity index (χ4n) is 3.05. The van der Waals surface area contributed by atoms with Crippen LogP contribution >= 0.6 is 0 Å². The molecule has 0 unspecified atom stereocenters. The number of hydrogen-bond donors (Lipinski definition) is 2. The van der Waals surface area contributed by atoms with Crippen LogP contribution in [0.25, 0.3) is 10.9 Å². The lowest BCUT2D eigenvalue weighted by Gasteiger charge is -2.11. The minimum absolute atomic E-state index is 0.00239. The van der Waals surface area contributed by atoms with Gasteiger partial charge in [0.15, 0.2) is 9.84 Å². The van der Waals surface area contributed by atoms with Crippen LogP contribution in [-0.4, -0.2) is 32.6 Å². The monoisotopic (exact) mass is 390 g/mol. The van der Waals surface area contributed by atoms with Gasteiger partial charge in [0.2, 0.25) is 10.0 Å². The highest BCUT2D eigenvalue weighted by atomic mass is 32.2. The Hall–Kier alpha value is -2.56. The predicted octanol–water partition coefficient (Wildman–Crippen LogP) is 1.35. The van der Waals surface area contributed by atoms with Crippen LogP contribution in [0, 0.1) is 0 Å². The standard InChI is InChI=1S/C16H14N4O4S2/c17-26(23,24)11-3-1-10(2-4-11)20-16-15-12-7-8-25(21,22)14(12)6-5-13(15)18-9-19-16/h1-6,9H,7-8H2,(H2,17,23,24)(H,18,19,20). The summed E-state index contributed by atoms with van der Waals surface area (Å²) < 4.78 is 47.0. The van der Waals surface area contributed by atoms with Crippen LogP contribution in [0.15, 0.2) is 52.5 Å². The Morgan fingerprint density at radius 2 is 1.77 bits per heavy atom. The number of nitrogens with one attached hydrogen (secondary N) is 1. The van der Waals surface area contributed by atoms with E-state index in [4.69, 9.17) is 5.14 Å². The third kappa shape index (κ3) is 2.81. The Bertz CT molecular complexity index is 1240. The van der Waals surface area contributed by atoms with Gasteiger partial charge in [-0.25, -0.2) is 31.9 Å². The molecule has 134 valence electrons. The first-order chi connectivity index (χ1) is 12.3. The van der Waals surface area contributed by atoms with Crippen molar-refractivity contribution in [1.29, 1.82) is 0 Å². The minimum atomic E-state index is -3.77. The third-order valence-electron chi connectivity index (χ3n) is 4.27. The molecule has 0 radical (unpaired) electrons. The number of aromatic nitrogens is 2. The molecule has 0 amide bonds. The molecule has 3 N–H and O–H groups in total. The van der Waals surface area contributed by atoms with Gasteiger partial charge in [0, 0.05) is 11.1 Å². The molecule has 0 fully saturated rings. The molecule has 0 saturated carbocycles. The van der Waals surface area contributed by atoms with E-state index in [0.29, 0.717) is 39.3 Å². The van der Waals surface area contributed by atoms with E-state index in [0.717, 1.165) is 0 Å². The number of nitrogens with two attached hydrogens (primary N) is 1. The van der Waals surface area contributed by atoms with Gasteiger partial charge in [-0.15, -0.1) is 0 Å². The van der Waals surface area contributed by atoms with Crippen LogP contribution < -0.4 is 10.5 Å². The number of primary sulfonamides is 1. The Morgan fingerprint density at radius 1 is 1.04 bits per heavy atom. The Labute approximate surface area is 150 Å². The van der Waals surface area contributed by atoms with Gasteiger partial charge in [-0.3, -0.25) is 0 Å². The lowest BCUT2D eigenvalue weighted by molar-refractivity contribution is 0.597. The van der Waals surface area contributed by atoms with Gasteiger partial charge in [-0.1, -0.05) is 0 Å². The molecule has 4 rings (SSSR count). The molecule has 26 heavy (non-hydrogen) atoms. The molecular weight excluding hydrogens is 376 g/mol. The van der Waals surface area contributed by atoms with Crippen molar-refractivity contribution in [2.75, 3.05) is 11.1 Å². The van der Waals surface area contributed by atoms with Crippen molar-refractivity contribution in [2.45, 2.75) is 16.2 Å². The summed E-state index contributed by atoms with van der Waals surface area (Å²) in [6.45, 7) is 0. The zero-order chi connectivity index (χ0) is 18.5. The molecule has 1 aliphatic heterocycles. The van der Waals surface area contributed by atoms with E-state index in [1.165, 1.54) is 18.5 Å². The first-order valence-electron chi connectivity index (χ1n) is 7.65. The molecule has 1 aromatic heterocycles. The van der Waals surface area contributed by atoms with E-state index < -0.39 is 19.9 Å². The second-order valence-corrected chi connectivity index (χ2v) is 9.56. The zero-order valence-corrected chi connectivity index (χ0v) is 15.0. The number of rotatable bonds is 3. The van der Waals surface area contributed by atoms with Crippen LogP contribution in [0.5, 0.6) is 0 Å². The summed E-state index contributed by atoms with van der Waals surface area (Å²) in [4.78, 5) is 8.77. The minimum Gasteiger partial charge on any atom is -0.340 e. The van der Waals surface area contributed by atoms with Crippen LogP contribution in [0.2, 0.25) is 0 Å². The normalized spacial score (nSPS) is 15.7. The predicted molar refractivity (Wildman–Crippen MR) is 96.4 cm³/mol. The average Bonchev–Trinajstić information content (AvgIpc) is 2.90. The molecule has 1 aliphatic rings. The van der Waals surface area contributed by atoms with Crippen molar-refractivity contribution in [3.63, 3.8) is 0 Å². The van der Waals surface area contributed by atoms with Crippen molar-refractivity contribution >= 4 is 42.3 Å². The van der Waals surface area contributed by atoms with Crippen molar-refractivity contribution in [3.05, 3.63) is 48.3 Å². The van der Waals surface area contributed by atoms with Crippen LogP contribution in [0.4, 0.5) is 11.5 Å². The lowest BCUT2D eigenvalue weighted by Crippen LogP contribution is -2.11. The van der Waals surface area contributed by atoms with Gasteiger partial charge in [-0.2, -0.15) is 0 Å². The highest BCUT2D eigenvalue weighted by Gasteiger charge is 2.29. The number of aryl methyl sites for hydroxylation is 1. The highest BCUT2D eigenvalue weighted by molar-refractivity contribution is 7.91. The summed E-state index contributed by atoms with van der Waals surface area (Å²) in [5.41, 5.74) is 1.93. The zero-order valence-electron chi connectivity index (χ0n) is 13.4. The maximum atomic E-state index is 12.2. The van der Waals surface area contributed by atoms with Crippen LogP contribution in [0.3, 0.4) is 0 Å². The number of anilines is 2. The Kier molecular flexibility index (Phi) is 3.72. The van der Waals surface area contributed by atoms with Gasteiger partial charge < -0.3 is 5.32 Å². The molecule has 0 atom stereocenters. The number of sulfonamides is 1. The molecule has 0 aliphatic carbocycles. The number of fused-ring (bicyclic) bond motifs is 3. The average molecular weight is 390 g/mol. The lowest BCUT2D eigenvalue weighted by atomic mass is 10.1. The molecule has 8 nitrogen and oxygen atoms in total. The number of nitrogens with zero attached hydrogens (tertiary/aromatic N) is 2. The van der Waals surface area contributed by atoms with Crippen molar-refractivity contribution in [1.82, 2.24) is 9.97 Å². The molecule has 2 heterocycles. The Morgan fingerprint density at radius 3 is 2.46 bits per heavy atom. The maximum Gasteiger partial charge on any atom is 0.238 e. The third-order valence-corrected chi connectivity index (χ3v) is 6.99. The number of benzene rings is 2. The SMILES string of the molecule is NS(=O)(=O)c1ccc(Nc2ncnc3ccc4c(c23)CCS4(=O)=O)cc1.